The molecule has 0 N–H and O–H groups in total. The SMILES string of the molecule is CC1(C)c2ccccc2-c2cccc(-c3ccc(-c4ccc(-c5nc(-c6ccccc6)cc(-c6ccccc6)n5)c5ccccc45)cc3)c21. The maximum atomic E-state index is 5.14. The van der Waals surface area contributed by atoms with Crippen molar-refractivity contribution in [1.29, 1.82) is 0 Å². The third-order valence-corrected chi connectivity index (χ3v) is 10.1. The summed E-state index contributed by atoms with van der Waals surface area (Å²) in [5, 5.41) is 2.31. The summed E-state index contributed by atoms with van der Waals surface area (Å²) in [6.07, 6.45) is 0. The first-order chi connectivity index (χ1) is 24.1. The monoisotopic (exact) mass is 626 g/mol. The van der Waals surface area contributed by atoms with Crippen LogP contribution >= 0.6 is 0 Å². The van der Waals surface area contributed by atoms with Gasteiger partial charge in [-0.05, 0) is 67.4 Å². The highest BCUT2D eigenvalue weighted by atomic mass is 14.9. The zero-order chi connectivity index (χ0) is 33.0. The fourth-order valence-electron chi connectivity index (χ4n) is 7.74. The predicted octanol–water partition coefficient (Wildman–Crippen LogP) is 12.3. The molecule has 0 saturated carbocycles. The van der Waals surface area contributed by atoms with Crippen molar-refractivity contribution in [2.75, 3.05) is 0 Å². The van der Waals surface area contributed by atoms with Crippen molar-refractivity contribution in [3.05, 3.63) is 181 Å². The Bertz CT molecular complexity index is 2440. The molecule has 0 fully saturated rings. The van der Waals surface area contributed by atoms with Crippen molar-refractivity contribution in [3.63, 3.8) is 0 Å². The van der Waals surface area contributed by atoms with Gasteiger partial charge in [-0.1, -0.05) is 172 Å². The van der Waals surface area contributed by atoms with Gasteiger partial charge in [0.15, 0.2) is 5.82 Å². The number of fused-ring (bicyclic) bond motifs is 4. The van der Waals surface area contributed by atoms with Crippen LogP contribution in [0.4, 0.5) is 0 Å². The molecule has 2 heteroatoms. The number of hydrogen-bond acceptors (Lipinski definition) is 2. The fraction of sp³-hybridized carbons (Fsp3) is 0.0638. The standard InChI is InChI=1S/C47H34N2/c1-47(2)42-23-12-11-20-39(42)40-22-13-21-36(45(40)47)32-26-24-31(25-27-32)35-28-29-41(38-19-10-9-18-37(35)38)46-48-43(33-14-5-3-6-15-33)30-44(49-46)34-16-7-4-8-17-34/h3-30H,1-2H3. The van der Waals surface area contributed by atoms with Crippen LogP contribution in [0.1, 0.15) is 25.0 Å². The average molecular weight is 627 g/mol. The summed E-state index contributed by atoms with van der Waals surface area (Å²) in [5.41, 5.74) is 15.3. The van der Waals surface area contributed by atoms with Crippen LogP contribution in [0, 0.1) is 0 Å². The van der Waals surface area contributed by atoms with Gasteiger partial charge in [0.1, 0.15) is 0 Å². The summed E-state index contributed by atoms with van der Waals surface area (Å²) in [6.45, 7) is 4.70. The van der Waals surface area contributed by atoms with E-state index in [-0.39, 0.29) is 5.41 Å². The molecule has 0 saturated heterocycles. The van der Waals surface area contributed by atoms with Crippen molar-refractivity contribution in [2.24, 2.45) is 0 Å². The first-order valence-electron chi connectivity index (χ1n) is 16.9. The van der Waals surface area contributed by atoms with E-state index in [9.17, 15) is 0 Å². The molecule has 232 valence electrons. The van der Waals surface area contributed by atoms with Crippen LogP contribution in [-0.2, 0) is 5.41 Å². The highest BCUT2D eigenvalue weighted by molar-refractivity contribution is 6.04. The number of hydrogen-bond donors (Lipinski definition) is 0. The van der Waals surface area contributed by atoms with Gasteiger partial charge in [0.2, 0.25) is 0 Å². The van der Waals surface area contributed by atoms with E-state index in [0.29, 0.717) is 0 Å². The minimum atomic E-state index is -0.0620. The van der Waals surface area contributed by atoms with Gasteiger partial charge in [-0.25, -0.2) is 9.97 Å². The molecule has 0 unspecified atom stereocenters. The number of nitrogens with zero attached hydrogens (tertiary/aromatic N) is 2. The zero-order valence-corrected chi connectivity index (χ0v) is 27.6. The lowest BCUT2D eigenvalue weighted by atomic mass is 9.79. The number of aromatic nitrogens is 2. The molecule has 1 aliphatic rings. The van der Waals surface area contributed by atoms with Gasteiger partial charge in [0.05, 0.1) is 11.4 Å². The molecule has 0 radical (unpaired) electrons. The number of rotatable bonds is 5. The quantitative estimate of drug-likeness (QED) is 0.190. The Morgan fingerprint density at radius 1 is 0.367 bits per heavy atom. The number of benzene rings is 7. The van der Waals surface area contributed by atoms with Crippen LogP contribution in [0.2, 0.25) is 0 Å². The van der Waals surface area contributed by atoms with Crippen LogP contribution in [0.15, 0.2) is 170 Å². The molecule has 2 nitrogen and oxygen atoms in total. The van der Waals surface area contributed by atoms with Crippen LogP contribution < -0.4 is 0 Å². The van der Waals surface area contributed by atoms with Crippen LogP contribution in [-0.4, -0.2) is 9.97 Å². The minimum Gasteiger partial charge on any atom is -0.228 e. The van der Waals surface area contributed by atoms with Crippen LogP contribution in [0.25, 0.3) is 78.1 Å². The van der Waals surface area contributed by atoms with E-state index in [0.717, 1.165) is 39.3 Å². The maximum absolute atomic E-state index is 5.14. The molecule has 0 aliphatic heterocycles. The first kappa shape index (κ1) is 29.1. The van der Waals surface area contributed by atoms with Gasteiger partial charge < -0.3 is 0 Å². The fourth-order valence-corrected chi connectivity index (χ4v) is 7.74. The molecule has 9 rings (SSSR count). The van der Waals surface area contributed by atoms with E-state index in [1.165, 1.54) is 49.9 Å². The second kappa shape index (κ2) is 11.5. The molecule has 49 heavy (non-hydrogen) atoms. The second-order valence-corrected chi connectivity index (χ2v) is 13.4. The van der Waals surface area contributed by atoms with Crippen molar-refractivity contribution in [1.82, 2.24) is 9.97 Å². The van der Waals surface area contributed by atoms with E-state index < -0.39 is 0 Å². The predicted molar refractivity (Wildman–Crippen MR) is 204 cm³/mol. The summed E-state index contributed by atoms with van der Waals surface area (Å²) in [5.74, 6) is 0.722. The Balaban J connectivity index is 1.14. The molecular weight excluding hydrogens is 593 g/mol. The van der Waals surface area contributed by atoms with Gasteiger partial charge in [0.25, 0.3) is 0 Å². The molecule has 1 aliphatic carbocycles. The Labute approximate surface area is 287 Å². The van der Waals surface area contributed by atoms with Crippen molar-refractivity contribution >= 4 is 10.8 Å². The topological polar surface area (TPSA) is 25.8 Å². The lowest BCUT2D eigenvalue weighted by Crippen LogP contribution is -2.16. The average Bonchev–Trinajstić information content (AvgIpc) is 3.41. The second-order valence-electron chi connectivity index (χ2n) is 13.4. The molecule has 1 aromatic heterocycles. The largest absolute Gasteiger partial charge is 0.228 e. The molecule has 0 amide bonds. The minimum absolute atomic E-state index is 0.0620. The lowest BCUT2D eigenvalue weighted by molar-refractivity contribution is 0.662. The van der Waals surface area contributed by atoms with E-state index in [2.05, 4.69) is 172 Å². The van der Waals surface area contributed by atoms with E-state index in [1.54, 1.807) is 0 Å². The highest BCUT2D eigenvalue weighted by Crippen LogP contribution is 2.52. The van der Waals surface area contributed by atoms with Crippen molar-refractivity contribution < 1.29 is 0 Å². The zero-order valence-electron chi connectivity index (χ0n) is 27.6. The third-order valence-electron chi connectivity index (χ3n) is 10.1. The molecule has 0 bridgehead atoms. The normalized spacial score (nSPS) is 12.9. The molecular formula is C47H34N2. The Morgan fingerprint density at radius 2 is 0.857 bits per heavy atom. The van der Waals surface area contributed by atoms with Gasteiger partial charge in [-0.3, -0.25) is 0 Å². The summed E-state index contributed by atoms with van der Waals surface area (Å²) in [7, 11) is 0. The summed E-state index contributed by atoms with van der Waals surface area (Å²) in [4.78, 5) is 10.3. The molecule has 8 aromatic rings. The highest BCUT2D eigenvalue weighted by Gasteiger charge is 2.37. The lowest BCUT2D eigenvalue weighted by Gasteiger charge is -2.24. The van der Waals surface area contributed by atoms with E-state index in [4.69, 9.17) is 9.97 Å². The summed E-state index contributed by atoms with van der Waals surface area (Å²) >= 11 is 0. The van der Waals surface area contributed by atoms with Gasteiger partial charge in [-0.15, -0.1) is 0 Å². The molecule has 1 heterocycles. The summed E-state index contributed by atoms with van der Waals surface area (Å²) < 4.78 is 0. The van der Waals surface area contributed by atoms with Crippen molar-refractivity contribution in [2.45, 2.75) is 19.3 Å². The van der Waals surface area contributed by atoms with Crippen LogP contribution in [0.5, 0.6) is 0 Å². The molecule has 0 spiro atoms. The summed E-state index contributed by atoms with van der Waals surface area (Å²) in [6, 6.07) is 60.6. The Kier molecular flexibility index (Phi) is 6.84. The third kappa shape index (κ3) is 4.88. The Morgan fingerprint density at radius 3 is 1.51 bits per heavy atom. The van der Waals surface area contributed by atoms with E-state index >= 15 is 0 Å². The maximum Gasteiger partial charge on any atom is 0.161 e. The van der Waals surface area contributed by atoms with Gasteiger partial charge in [0, 0.05) is 22.1 Å². The molecule has 0 atom stereocenters. The molecule has 7 aromatic carbocycles. The van der Waals surface area contributed by atoms with Crippen molar-refractivity contribution in [3.8, 4) is 67.3 Å². The van der Waals surface area contributed by atoms with E-state index in [1.807, 2.05) is 12.1 Å². The first-order valence-corrected chi connectivity index (χ1v) is 16.9. The van der Waals surface area contributed by atoms with Crippen LogP contribution in [0.3, 0.4) is 0 Å². The van der Waals surface area contributed by atoms with Gasteiger partial charge >= 0.3 is 0 Å². The Hall–Kier alpha value is -6.12. The van der Waals surface area contributed by atoms with Gasteiger partial charge in [-0.2, -0.15) is 0 Å². The smallest absolute Gasteiger partial charge is 0.161 e.